The molecule has 0 bridgehead atoms. The summed E-state index contributed by atoms with van der Waals surface area (Å²) in [5.41, 5.74) is -1.28. The maximum Gasteiger partial charge on any atom is 0.318 e. The number of carbonyl (C=O) groups is 2. The van der Waals surface area contributed by atoms with E-state index in [0.29, 0.717) is 12.0 Å². The third-order valence-electron chi connectivity index (χ3n) is 3.47. The Kier molecular flexibility index (Phi) is 2.68. The molecule has 2 fully saturated rings. The van der Waals surface area contributed by atoms with Gasteiger partial charge < -0.3 is 10.0 Å². The summed E-state index contributed by atoms with van der Waals surface area (Å²) in [6.07, 6.45) is 4.44. The van der Waals surface area contributed by atoms with Crippen LogP contribution in [0.2, 0.25) is 0 Å². The van der Waals surface area contributed by atoms with Crippen molar-refractivity contribution < 1.29 is 14.7 Å². The van der Waals surface area contributed by atoms with E-state index in [1.807, 2.05) is 4.90 Å². The van der Waals surface area contributed by atoms with Crippen LogP contribution in [0.3, 0.4) is 0 Å². The minimum Gasteiger partial charge on any atom is -0.480 e. The maximum absolute atomic E-state index is 12.2. The molecular formula is C12H19NO3. The molecule has 0 heterocycles. The van der Waals surface area contributed by atoms with Crippen LogP contribution in [-0.4, -0.2) is 34.5 Å². The van der Waals surface area contributed by atoms with Crippen LogP contribution >= 0.6 is 0 Å². The quantitative estimate of drug-likeness (QED) is 0.721. The van der Waals surface area contributed by atoms with E-state index in [0.717, 1.165) is 19.4 Å². The zero-order valence-corrected chi connectivity index (χ0v) is 9.90. The van der Waals surface area contributed by atoms with E-state index in [4.69, 9.17) is 5.11 Å². The van der Waals surface area contributed by atoms with Gasteiger partial charge in [0, 0.05) is 12.6 Å². The largest absolute Gasteiger partial charge is 0.480 e. The van der Waals surface area contributed by atoms with E-state index in [2.05, 4.69) is 0 Å². The molecule has 4 nitrogen and oxygen atoms in total. The van der Waals surface area contributed by atoms with E-state index >= 15 is 0 Å². The fourth-order valence-electron chi connectivity index (χ4n) is 1.81. The molecule has 0 aromatic rings. The Balaban J connectivity index is 2.06. The SMILES string of the molecule is CC(C)(C(=O)O)C(=O)N(CC1CC1)C1CC1. The Morgan fingerprint density at radius 2 is 1.81 bits per heavy atom. The first-order chi connectivity index (χ1) is 7.43. The van der Waals surface area contributed by atoms with Gasteiger partial charge in [0.15, 0.2) is 0 Å². The van der Waals surface area contributed by atoms with Crippen molar-refractivity contribution in [3.63, 3.8) is 0 Å². The molecule has 0 atom stereocenters. The van der Waals surface area contributed by atoms with Crippen LogP contribution < -0.4 is 0 Å². The molecule has 2 saturated carbocycles. The summed E-state index contributed by atoms with van der Waals surface area (Å²) in [4.78, 5) is 25.1. The molecule has 0 aromatic carbocycles. The van der Waals surface area contributed by atoms with Gasteiger partial charge in [0.25, 0.3) is 0 Å². The lowest BCUT2D eigenvalue weighted by Crippen LogP contribution is -2.47. The molecule has 0 spiro atoms. The first kappa shape index (κ1) is 11.4. The highest BCUT2D eigenvalue weighted by Crippen LogP contribution is 2.37. The summed E-state index contributed by atoms with van der Waals surface area (Å²) < 4.78 is 0. The summed E-state index contributed by atoms with van der Waals surface area (Å²) in [7, 11) is 0. The minimum atomic E-state index is -1.28. The van der Waals surface area contributed by atoms with Gasteiger partial charge in [-0.15, -0.1) is 0 Å². The lowest BCUT2D eigenvalue weighted by Gasteiger charge is -2.29. The van der Waals surface area contributed by atoms with Gasteiger partial charge in [0.1, 0.15) is 5.41 Å². The number of aliphatic carboxylic acids is 1. The topological polar surface area (TPSA) is 57.6 Å². The number of carboxylic acid groups (broad SMARTS) is 1. The Bertz CT molecular complexity index is 316. The van der Waals surface area contributed by atoms with E-state index < -0.39 is 11.4 Å². The average molecular weight is 225 g/mol. The van der Waals surface area contributed by atoms with Crippen LogP contribution in [0.25, 0.3) is 0 Å². The van der Waals surface area contributed by atoms with Crippen LogP contribution in [0, 0.1) is 11.3 Å². The second-order valence-corrected chi connectivity index (χ2v) is 5.56. The van der Waals surface area contributed by atoms with Crippen LogP contribution in [0.5, 0.6) is 0 Å². The fourth-order valence-corrected chi connectivity index (χ4v) is 1.81. The predicted octanol–water partition coefficient (Wildman–Crippen LogP) is 1.50. The van der Waals surface area contributed by atoms with E-state index in [9.17, 15) is 9.59 Å². The van der Waals surface area contributed by atoms with Crippen molar-refractivity contribution in [2.45, 2.75) is 45.6 Å². The monoisotopic (exact) mass is 225 g/mol. The van der Waals surface area contributed by atoms with Crippen molar-refractivity contribution >= 4 is 11.9 Å². The maximum atomic E-state index is 12.2. The molecule has 1 amide bonds. The van der Waals surface area contributed by atoms with Crippen LogP contribution in [-0.2, 0) is 9.59 Å². The fraction of sp³-hybridized carbons (Fsp3) is 0.833. The van der Waals surface area contributed by atoms with Gasteiger partial charge in [-0.05, 0) is 45.4 Å². The Labute approximate surface area is 95.6 Å². The normalized spacial score (nSPS) is 20.6. The Hall–Kier alpha value is -1.06. The van der Waals surface area contributed by atoms with Crippen molar-refractivity contribution in [1.82, 2.24) is 4.90 Å². The summed E-state index contributed by atoms with van der Waals surface area (Å²) in [6, 6.07) is 0.312. The van der Waals surface area contributed by atoms with Crippen molar-refractivity contribution in [1.29, 1.82) is 0 Å². The van der Waals surface area contributed by atoms with E-state index in [1.54, 1.807) is 0 Å². The van der Waals surface area contributed by atoms with Gasteiger partial charge >= 0.3 is 5.97 Å². The molecule has 90 valence electrons. The zero-order valence-electron chi connectivity index (χ0n) is 9.90. The molecular weight excluding hydrogens is 206 g/mol. The van der Waals surface area contributed by atoms with Gasteiger partial charge in [0.2, 0.25) is 5.91 Å². The summed E-state index contributed by atoms with van der Waals surface area (Å²) in [6.45, 7) is 3.76. The van der Waals surface area contributed by atoms with Crippen LogP contribution in [0.15, 0.2) is 0 Å². The van der Waals surface area contributed by atoms with Gasteiger partial charge in [-0.3, -0.25) is 9.59 Å². The second kappa shape index (κ2) is 3.75. The molecule has 1 N–H and O–H groups in total. The molecule has 0 radical (unpaired) electrons. The smallest absolute Gasteiger partial charge is 0.318 e. The van der Waals surface area contributed by atoms with Crippen LogP contribution in [0.1, 0.15) is 39.5 Å². The van der Waals surface area contributed by atoms with Crippen LogP contribution in [0.4, 0.5) is 0 Å². The Morgan fingerprint density at radius 3 is 2.19 bits per heavy atom. The Morgan fingerprint density at radius 1 is 1.25 bits per heavy atom. The molecule has 0 aromatic heterocycles. The summed E-state index contributed by atoms with van der Waals surface area (Å²) >= 11 is 0. The molecule has 0 aliphatic heterocycles. The number of hydrogen-bond donors (Lipinski definition) is 1. The van der Waals surface area contributed by atoms with Gasteiger partial charge in [-0.2, -0.15) is 0 Å². The highest BCUT2D eigenvalue weighted by atomic mass is 16.4. The summed E-state index contributed by atoms with van der Waals surface area (Å²) in [5.74, 6) is -0.623. The van der Waals surface area contributed by atoms with Gasteiger partial charge in [0.05, 0.1) is 0 Å². The number of carboxylic acids is 1. The zero-order chi connectivity index (χ0) is 11.9. The third-order valence-corrected chi connectivity index (χ3v) is 3.47. The molecule has 2 aliphatic carbocycles. The molecule has 0 unspecified atom stereocenters. The average Bonchev–Trinajstić information content (AvgIpc) is 3.04. The van der Waals surface area contributed by atoms with Crippen molar-refractivity contribution in [3.8, 4) is 0 Å². The van der Waals surface area contributed by atoms with Crippen molar-refractivity contribution in [3.05, 3.63) is 0 Å². The molecule has 16 heavy (non-hydrogen) atoms. The van der Waals surface area contributed by atoms with Gasteiger partial charge in [-0.25, -0.2) is 0 Å². The number of carbonyl (C=O) groups excluding carboxylic acids is 1. The van der Waals surface area contributed by atoms with E-state index in [-0.39, 0.29) is 5.91 Å². The number of nitrogens with zero attached hydrogens (tertiary/aromatic N) is 1. The van der Waals surface area contributed by atoms with Crippen molar-refractivity contribution in [2.24, 2.45) is 11.3 Å². The molecule has 2 aliphatic rings. The molecule has 4 heteroatoms. The third kappa shape index (κ3) is 2.20. The van der Waals surface area contributed by atoms with E-state index in [1.165, 1.54) is 26.7 Å². The standard InChI is InChI=1S/C12H19NO3/c1-12(2,11(15)16)10(14)13(9-5-6-9)7-8-3-4-8/h8-9H,3-7H2,1-2H3,(H,15,16). The number of amides is 1. The van der Waals surface area contributed by atoms with Gasteiger partial charge in [-0.1, -0.05) is 0 Å². The number of rotatable bonds is 5. The molecule has 0 saturated heterocycles. The predicted molar refractivity (Wildman–Crippen MR) is 58.9 cm³/mol. The minimum absolute atomic E-state index is 0.214. The van der Waals surface area contributed by atoms with Crippen molar-refractivity contribution in [2.75, 3.05) is 6.54 Å². The highest BCUT2D eigenvalue weighted by Gasteiger charge is 2.45. The molecule has 2 rings (SSSR count). The lowest BCUT2D eigenvalue weighted by molar-refractivity contribution is -0.158. The summed E-state index contributed by atoms with van der Waals surface area (Å²) in [5, 5.41) is 9.06. The highest BCUT2D eigenvalue weighted by molar-refractivity contribution is 6.01. The first-order valence-electron chi connectivity index (χ1n) is 5.97. The first-order valence-corrected chi connectivity index (χ1v) is 5.97. The lowest BCUT2D eigenvalue weighted by atomic mass is 9.91. The number of hydrogen-bond acceptors (Lipinski definition) is 2. The second-order valence-electron chi connectivity index (χ2n) is 5.56.